The van der Waals surface area contributed by atoms with Crippen LogP contribution in [0.2, 0.25) is 0 Å². The first kappa shape index (κ1) is 14.1. The molecule has 1 fully saturated rings. The molecule has 1 aliphatic rings. The van der Waals surface area contributed by atoms with Crippen LogP contribution in [0.15, 0.2) is 18.3 Å². The Labute approximate surface area is 124 Å². The summed E-state index contributed by atoms with van der Waals surface area (Å²) in [6.07, 6.45) is 5.76. The molecule has 2 heterocycles. The van der Waals surface area contributed by atoms with E-state index < -0.39 is 0 Å². The van der Waals surface area contributed by atoms with Gasteiger partial charge in [-0.2, -0.15) is 5.10 Å². The van der Waals surface area contributed by atoms with Gasteiger partial charge in [0.2, 0.25) is 5.91 Å². The number of nitrogens with zero attached hydrogens (tertiary/aromatic N) is 1. The number of carbonyl (C=O) groups is 1. The number of hydrogen-bond donors (Lipinski definition) is 3. The maximum Gasteiger partial charge on any atom is 0.224 e. The molecule has 1 aliphatic heterocycles. The molecule has 112 valence electrons. The van der Waals surface area contributed by atoms with Crippen LogP contribution in [-0.4, -0.2) is 29.2 Å². The Kier molecular flexibility index (Phi) is 4.20. The van der Waals surface area contributed by atoms with Crippen molar-refractivity contribution < 1.29 is 4.79 Å². The molecule has 0 aliphatic carbocycles. The lowest BCUT2D eigenvalue weighted by Gasteiger charge is -2.22. The molecule has 3 N–H and O–H groups in total. The molecular weight excluding hydrogens is 264 g/mol. The number of anilines is 1. The van der Waals surface area contributed by atoms with Crippen molar-refractivity contribution in [3.05, 3.63) is 23.9 Å². The highest BCUT2D eigenvalue weighted by molar-refractivity contribution is 5.94. The Morgan fingerprint density at radius 3 is 3.00 bits per heavy atom. The average molecular weight is 286 g/mol. The Balaban J connectivity index is 1.58. The van der Waals surface area contributed by atoms with E-state index >= 15 is 0 Å². The van der Waals surface area contributed by atoms with Crippen molar-refractivity contribution in [2.75, 3.05) is 18.4 Å². The van der Waals surface area contributed by atoms with Crippen LogP contribution >= 0.6 is 0 Å². The van der Waals surface area contributed by atoms with E-state index in [-0.39, 0.29) is 5.91 Å². The molecule has 3 rings (SSSR count). The number of aryl methyl sites for hydroxylation is 1. The monoisotopic (exact) mass is 286 g/mol. The van der Waals surface area contributed by atoms with E-state index in [1.807, 2.05) is 19.1 Å². The molecule has 0 saturated carbocycles. The summed E-state index contributed by atoms with van der Waals surface area (Å²) in [4.78, 5) is 12.1. The number of aromatic amines is 1. The summed E-state index contributed by atoms with van der Waals surface area (Å²) < 4.78 is 0. The molecule has 1 aromatic carbocycles. The Bertz CT molecular complexity index is 628. The zero-order valence-corrected chi connectivity index (χ0v) is 12.4. The van der Waals surface area contributed by atoms with Crippen molar-refractivity contribution in [2.24, 2.45) is 5.92 Å². The summed E-state index contributed by atoms with van der Waals surface area (Å²) in [6, 6.07) is 4.00. The van der Waals surface area contributed by atoms with E-state index in [4.69, 9.17) is 0 Å². The van der Waals surface area contributed by atoms with Crippen LogP contribution in [0.4, 0.5) is 5.69 Å². The second kappa shape index (κ2) is 6.26. The zero-order chi connectivity index (χ0) is 14.7. The third kappa shape index (κ3) is 3.42. The van der Waals surface area contributed by atoms with Crippen LogP contribution in [0.25, 0.3) is 10.9 Å². The molecule has 1 saturated heterocycles. The highest BCUT2D eigenvalue weighted by Gasteiger charge is 2.15. The molecule has 5 nitrogen and oxygen atoms in total. The van der Waals surface area contributed by atoms with Gasteiger partial charge in [-0.1, -0.05) is 0 Å². The maximum absolute atomic E-state index is 12.1. The number of hydrogen-bond acceptors (Lipinski definition) is 3. The number of amides is 1. The van der Waals surface area contributed by atoms with Gasteiger partial charge in [0.1, 0.15) is 0 Å². The summed E-state index contributed by atoms with van der Waals surface area (Å²) >= 11 is 0. The number of nitrogens with one attached hydrogen (secondary N) is 3. The van der Waals surface area contributed by atoms with Crippen LogP contribution in [0.5, 0.6) is 0 Å². The third-order valence-corrected chi connectivity index (χ3v) is 4.30. The molecule has 0 spiro atoms. The molecule has 0 atom stereocenters. The normalized spacial score (nSPS) is 16.2. The average Bonchev–Trinajstić information content (AvgIpc) is 2.94. The predicted molar refractivity (Wildman–Crippen MR) is 84.3 cm³/mol. The fourth-order valence-electron chi connectivity index (χ4n) is 2.96. The van der Waals surface area contributed by atoms with Gasteiger partial charge in [0.15, 0.2) is 0 Å². The maximum atomic E-state index is 12.1. The van der Waals surface area contributed by atoms with Crippen LogP contribution in [0.3, 0.4) is 0 Å². The number of rotatable bonds is 4. The van der Waals surface area contributed by atoms with Crippen LogP contribution in [0, 0.1) is 12.8 Å². The number of carbonyl (C=O) groups excluding carboxylic acids is 1. The number of fused-ring (bicyclic) bond motifs is 1. The molecule has 0 unspecified atom stereocenters. The smallest absolute Gasteiger partial charge is 0.224 e. The van der Waals surface area contributed by atoms with Gasteiger partial charge >= 0.3 is 0 Å². The molecular formula is C16H22N4O. The molecule has 21 heavy (non-hydrogen) atoms. The molecule has 1 aromatic heterocycles. The number of benzene rings is 1. The van der Waals surface area contributed by atoms with Gasteiger partial charge in [-0.3, -0.25) is 9.89 Å². The molecule has 1 amide bonds. The standard InChI is InChI=1S/C16H22N4O/c1-11-8-13-10-18-20-15(13)9-14(11)19-16(21)3-2-12-4-6-17-7-5-12/h8-10,12,17H,2-7H2,1H3,(H,18,20)(H,19,21). The number of aromatic nitrogens is 2. The highest BCUT2D eigenvalue weighted by Crippen LogP contribution is 2.23. The minimum Gasteiger partial charge on any atom is -0.326 e. The van der Waals surface area contributed by atoms with E-state index in [1.165, 1.54) is 12.8 Å². The number of H-pyrrole nitrogens is 1. The lowest BCUT2D eigenvalue weighted by Crippen LogP contribution is -2.28. The summed E-state index contributed by atoms with van der Waals surface area (Å²) in [7, 11) is 0. The Hall–Kier alpha value is -1.88. The van der Waals surface area contributed by atoms with Crippen molar-refractivity contribution in [2.45, 2.75) is 32.6 Å². The van der Waals surface area contributed by atoms with Crippen LogP contribution in [0.1, 0.15) is 31.2 Å². The largest absolute Gasteiger partial charge is 0.326 e. The topological polar surface area (TPSA) is 69.8 Å². The lowest BCUT2D eigenvalue weighted by molar-refractivity contribution is -0.116. The number of piperidine rings is 1. The summed E-state index contributed by atoms with van der Waals surface area (Å²) in [5.74, 6) is 0.795. The van der Waals surface area contributed by atoms with E-state index in [2.05, 4.69) is 20.8 Å². The molecule has 0 radical (unpaired) electrons. The SMILES string of the molecule is Cc1cc2cn[nH]c2cc1NC(=O)CCC1CCNCC1. The summed E-state index contributed by atoms with van der Waals surface area (Å²) in [6.45, 7) is 4.18. The van der Waals surface area contributed by atoms with Crippen molar-refractivity contribution in [1.82, 2.24) is 15.5 Å². The third-order valence-electron chi connectivity index (χ3n) is 4.30. The first-order valence-corrected chi connectivity index (χ1v) is 7.66. The summed E-state index contributed by atoms with van der Waals surface area (Å²) in [5.41, 5.74) is 2.90. The van der Waals surface area contributed by atoms with Crippen molar-refractivity contribution in [3.8, 4) is 0 Å². The minimum absolute atomic E-state index is 0.107. The first-order chi connectivity index (χ1) is 10.2. The van der Waals surface area contributed by atoms with Crippen molar-refractivity contribution in [3.63, 3.8) is 0 Å². The Morgan fingerprint density at radius 2 is 2.19 bits per heavy atom. The van der Waals surface area contributed by atoms with Gasteiger partial charge < -0.3 is 10.6 Å². The minimum atomic E-state index is 0.107. The first-order valence-electron chi connectivity index (χ1n) is 7.66. The van der Waals surface area contributed by atoms with E-state index in [0.717, 1.165) is 41.7 Å². The fourth-order valence-corrected chi connectivity index (χ4v) is 2.96. The molecule has 2 aromatic rings. The van der Waals surface area contributed by atoms with Gasteiger partial charge in [0.05, 0.1) is 11.7 Å². The second-order valence-electron chi connectivity index (χ2n) is 5.90. The lowest BCUT2D eigenvalue weighted by atomic mass is 9.93. The van der Waals surface area contributed by atoms with Gasteiger partial charge in [-0.25, -0.2) is 0 Å². The van der Waals surface area contributed by atoms with Gasteiger partial charge in [0, 0.05) is 17.5 Å². The molecule has 5 heteroatoms. The highest BCUT2D eigenvalue weighted by atomic mass is 16.1. The van der Waals surface area contributed by atoms with Gasteiger partial charge in [0.25, 0.3) is 0 Å². The van der Waals surface area contributed by atoms with E-state index in [1.54, 1.807) is 6.20 Å². The van der Waals surface area contributed by atoms with Gasteiger partial charge in [-0.15, -0.1) is 0 Å². The van der Waals surface area contributed by atoms with Crippen molar-refractivity contribution in [1.29, 1.82) is 0 Å². The van der Waals surface area contributed by atoms with E-state index in [0.29, 0.717) is 12.3 Å². The second-order valence-corrected chi connectivity index (χ2v) is 5.90. The predicted octanol–water partition coefficient (Wildman–Crippen LogP) is 2.59. The quantitative estimate of drug-likeness (QED) is 0.809. The van der Waals surface area contributed by atoms with Gasteiger partial charge in [-0.05, 0) is 62.9 Å². The summed E-state index contributed by atoms with van der Waals surface area (Å²) in [5, 5.41) is 14.4. The van der Waals surface area contributed by atoms with Crippen LogP contribution in [-0.2, 0) is 4.79 Å². The fraction of sp³-hybridized carbons (Fsp3) is 0.500. The Morgan fingerprint density at radius 1 is 1.38 bits per heavy atom. The molecule has 0 bridgehead atoms. The van der Waals surface area contributed by atoms with E-state index in [9.17, 15) is 4.79 Å². The zero-order valence-electron chi connectivity index (χ0n) is 12.4. The van der Waals surface area contributed by atoms with Crippen LogP contribution < -0.4 is 10.6 Å². The van der Waals surface area contributed by atoms with Crippen molar-refractivity contribution >= 4 is 22.5 Å².